The Morgan fingerprint density at radius 3 is 2.45 bits per heavy atom. The molecule has 0 aromatic carbocycles. The van der Waals surface area contributed by atoms with Gasteiger partial charge in [-0.15, -0.1) is 11.3 Å². The average molecular weight is 327 g/mol. The molecule has 0 bridgehead atoms. The molecule has 0 aliphatic rings. The predicted octanol–water partition coefficient (Wildman–Crippen LogP) is -0.785. The summed E-state index contributed by atoms with van der Waals surface area (Å²) in [4.78, 5) is 35.8. The molecule has 5 N–H and O–H groups in total. The van der Waals surface area contributed by atoms with Gasteiger partial charge in [-0.1, -0.05) is 0 Å². The minimum absolute atomic E-state index is 0.0728. The zero-order valence-electron chi connectivity index (χ0n) is 13.1. The molecule has 122 valence electrons. The highest BCUT2D eigenvalue weighted by Crippen LogP contribution is 2.22. The number of hydrogen-bond donors (Lipinski definition) is 4. The molecule has 0 fully saturated rings. The molecular formula is C14H23N4O3S+. The van der Waals surface area contributed by atoms with Crippen LogP contribution >= 0.6 is 11.3 Å². The highest BCUT2D eigenvalue weighted by atomic mass is 32.1. The molecule has 0 spiro atoms. The van der Waals surface area contributed by atoms with E-state index < -0.39 is 5.91 Å². The van der Waals surface area contributed by atoms with Crippen molar-refractivity contribution in [3.05, 3.63) is 17.0 Å². The van der Waals surface area contributed by atoms with Crippen molar-refractivity contribution in [1.82, 2.24) is 5.32 Å². The van der Waals surface area contributed by atoms with Gasteiger partial charge >= 0.3 is 0 Å². The lowest BCUT2D eigenvalue weighted by molar-refractivity contribution is -0.881. The normalized spacial score (nSPS) is 12.0. The van der Waals surface area contributed by atoms with Crippen LogP contribution in [0.4, 0.5) is 5.00 Å². The Morgan fingerprint density at radius 1 is 1.27 bits per heavy atom. The molecule has 1 aromatic rings. The fraction of sp³-hybridized carbons (Fsp3) is 0.500. The van der Waals surface area contributed by atoms with Gasteiger partial charge in [0.1, 0.15) is 5.00 Å². The average Bonchev–Trinajstić information content (AvgIpc) is 2.84. The van der Waals surface area contributed by atoms with Crippen molar-refractivity contribution < 1.29 is 19.3 Å². The molecule has 1 atom stereocenters. The van der Waals surface area contributed by atoms with Crippen molar-refractivity contribution in [2.45, 2.75) is 26.8 Å². The van der Waals surface area contributed by atoms with Crippen LogP contribution in [-0.2, 0) is 9.59 Å². The first kappa shape index (κ1) is 18.1. The van der Waals surface area contributed by atoms with E-state index in [1.807, 2.05) is 20.8 Å². The van der Waals surface area contributed by atoms with Gasteiger partial charge in [-0.2, -0.15) is 0 Å². The molecule has 1 aromatic heterocycles. The van der Waals surface area contributed by atoms with Crippen molar-refractivity contribution in [2.24, 2.45) is 5.73 Å². The van der Waals surface area contributed by atoms with Crippen molar-refractivity contribution >= 4 is 34.1 Å². The largest absolute Gasteiger partial charge is 0.366 e. The molecule has 0 aliphatic carbocycles. The smallest absolute Gasteiger partial charge is 0.280 e. The van der Waals surface area contributed by atoms with Crippen molar-refractivity contribution in [1.29, 1.82) is 0 Å². The minimum Gasteiger partial charge on any atom is -0.366 e. The number of amides is 3. The Bertz CT molecular complexity index is 542. The Balaban J connectivity index is 2.56. The Morgan fingerprint density at radius 2 is 1.91 bits per heavy atom. The maximum Gasteiger partial charge on any atom is 0.280 e. The van der Waals surface area contributed by atoms with Crippen LogP contribution in [0.2, 0.25) is 0 Å². The number of nitrogens with two attached hydrogens (primary N) is 1. The van der Waals surface area contributed by atoms with Crippen LogP contribution in [0.5, 0.6) is 0 Å². The summed E-state index contributed by atoms with van der Waals surface area (Å²) in [5.74, 6) is -0.916. The summed E-state index contributed by atoms with van der Waals surface area (Å²) in [6, 6.07) is 1.65. The fourth-order valence-electron chi connectivity index (χ4n) is 1.91. The first-order chi connectivity index (χ1) is 10.3. The number of primary amides is 1. The van der Waals surface area contributed by atoms with Gasteiger partial charge in [0.15, 0.2) is 13.1 Å². The van der Waals surface area contributed by atoms with Gasteiger partial charge in [0, 0.05) is 6.04 Å². The van der Waals surface area contributed by atoms with Crippen molar-refractivity contribution in [3.63, 3.8) is 0 Å². The second kappa shape index (κ2) is 8.50. The third-order valence-electron chi connectivity index (χ3n) is 2.95. The topological polar surface area (TPSA) is 106 Å². The monoisotopic (exact) mass is 327 g/mol. The van der Waals surface area contributed by atoms with Gasteiger partial charge in [0.2, 0.25) is 0 Å². The molecule has 1 rings (SSSR count). The van der Waals surface area contributed by atoms with Crippen molar-refractivity contribution in [2.75, 3.05) is 25.0 Å². The Hall–Kier alpha value is -1.93. The van der Waals surface area contributed by atoms with E-state index in [2.05, 4.69) is 10.6 Å². The van der Waals surface area contributed by atoms with E-state index in [9.17, 15) is 14.4 Å². The number of carbonyl (C=O) groups is 3. The summed E-state index contributed by atoms with van der Waals surface area (Å²) >= 11 is 1.24. The lowest BCUT2D eigenvalue weighted by atomic mass is 10.3. The molecule has 0 aliphatic heterocycles. The van der Waals surface area contributed by atoms with E-state index in [1.165, 1.54) is 11.3 Å². The van der Waals surface area contributed by atoms with Crippen molar-refractivity contribution in [3.8, 4) is 0 Å². The van der Waals surface area contributed by atoms with Crippen LogP contribution in [0.1, 0.15) is 31.1 Å². The van der Waals surface area contributed by atoms with Gasteiger partial charge in [-0.05, 0) is 32.2 Å². The zero-order chi connectivity index (χ0) is 16.7. The van der Waals surface area contributed by atoms with Crippen LogP contribution in [0.25, 0.3) is 0 Å². The SMILES string of the molecule is CC[NH+](CC(=O)Nc1sccc1C(N)=O)CC(=O)NC(C)C. The molecule has 22 heavy (non-hydrogen) atoms. The first-order valence-corrected chi connectivity index (χ1v) is 8.01. The maximum absolute atomic E-state index is 12.0. The summed E-state index contributed by atoms with van der Waals surface area (Å²) in [5, 5.41) is 7.61. The summed E-state index contributed by atoms with van der Waals surface area (Å²) in [6.45, 7) is 6.71. The van der Waals surface area contributed by atoms with Gasteiger partial charge in [-0.3, -0.25) is 14.4 Å². The molecule has 8 heteroatoms. The molecule has 1 unspecified atom stereocenters. The van der Waals surface area contributed by atoms with Crippen LogP contribution in [-0.4, -0.2) is 43.4 Å². The zero-order valence-corrected chi connectivity index (χ0v) is 13.9. The van der Waals surface area contributed by atoms with Crippen LogP contribution < -0.4 is 21.3 Å². The molecule has 0 saturated heterocycles. The molecule has 0 saturated carbocycles. The number of nitrogens with one attached hydrogen (secondary N) is 3. The number of carbonyl (C=O) groups excluding carboxylic acids is 3. The van der Waals surface area contributed by atoms with E-state index in [1.54, 1.807) is 11.4 Å². The van der Waals surface area contributed by atoms with E-state index >= 15 is 0 Å². The second-order valence-electron chi connectivity index (χ2n) is 5.26. The van der Waals surface area contributed by atoms with Gasteiger partial charge < -0.3 is 21.3 Å². The van der Waals surface area contributed by atoms with Crippen LogP contribution in [0.15, 0.2) is 11.4 Å². The number of likely N-dealkylation sites (N-methyl/N-ethyl adjacent to an activating group) is 1. The van der Waals surface area contributed by atoms with Gasteiger partial charge in [0.25, 0.3) is 17.7 Å². The quantitative estimate of drug-likeness (QED) is 0.503. The lowest BCUT2D eigenvalue weighted by Gasteiger charge is -2.17. The van der Waals surface area contributed by atoms with E-state index in [0.717, 1.165) is 4.90 Å². The first-order valence-electron chi connectivity index (χ1n) is 7.13. The van der Waals surface area contributed by atoms with Crippen LogP contribution in [0.3, 0.4) is 0 Å². The summed E-state index contributed by atoms with van der Waals surface area (Å²) in [5.41, 5.74) is 5.53. The second-order valence-corrected chi connectivity index (χ2v) is 6.17. The molecule has 0 radical (unpaired) electrons. The highest BCUT2D eigenvalue weighted by molar-refractivity contribution is 7.14. The summed E-state index contributed by atoms with van der Waals surface area (Å²) in [6.07, 6.45) is 0. The third kappa shape index (κ3) is 5.82. The number of anilines is 1. The van der Waals surface area contributed by atoms with E-state index in [0.29, 0.717) is 17.1 Å². The number of hydrogen-bond acceptors (Lipinski definition) is 4. The number of rotatable bonds is 8. The molecular weight excluding hydrogens is 304 g/mol. The summed E-state index contributed by atoms with van der Waals surface area (Å²) < 4.78 is 0. The Labute approximate surface area is 133 Å². The lowest BCUT2D eigenvalue weighted by Crippen LogP contribution is -3.14. The fourth-order valence-corrected chi connectivity index (χ4v) is 2.72. The Kier molecular flexibility index (Phi) is 7.00. The van der Waals surface area contributed by atoms with Crippen LogP contribution in [0, 0.1) is 0 Å². The summed E-state index contributed by atoms with van der Waals surface area (Å²) in [7, 11) is 0. The van der Waals surface area contributed by atoms with Gasteiger partial charge in [0.05, 0.1) is 12.1 Å². The molecule has 7 nitrogen and oxygen atoms in total. The van der Waals surface area contributed by atoms with E-state index in [-0.39, 0.29) is 30.9 Å². The van der Waals surface area contributed by atoms with E-state index in [4.69, 9.17) is 5.73 Å². The predicted molar refractivity (Wildman–Crippen MR) is 86.0 cm³/mol. The van der Waals surface area contributed by atoms with Gasteiger partial charge in [-0.25, -0.2) is 0 Å². The minimum atomic E-state index is -0.576. The standard InChI is InChI=1S/C14H22N4O3S/c1-4-18(7-11(19)16-9(2)3)8-12(20)17-14-10(13(15)21)5-6-22-14/h5-6,9H,4,7-8H2,1-3H3,(H2,15,21)(H,16,19)(H,17,20)/p+1. The molecule has 3 amide bonds. The third-order valence-corrected chi connectivity index (χ3v) is 3.78. The number of thiophene rings is 1. The highest BCUT2D eigenvalue weighted by Gasteiger charge is 2.19. The molecule has 1 heterocycles. The maximum atomic E-state index is 12.0. The number of quaternary nitrogens is 1.